The van der Waals surface area contributed by atoms with Gasteiger partial charge in [0.25, 0.3) is 0 Å². The van der Waals surface area contributed by atoms with Gasteiger partial charge in [-0.25, -0.2) is 0 Å². The highest BCUT2D eigenvalue weighted by molar-refractivity contribution is 5.83. The first-order chi connectivity index (χ1) is 12.5. The molecule has 0 radical (unpaired) electrons. The van der Waals surface area contributed by atoms with Gasteiger partial charge in [0.05, 0.1) is 11.7 Å². The van der Waals surface area contributed by atoms with Crippen molar-refractivity contribution in [2.75, 3.05) is 13.7 Å². The van der Waals surface area contributed by atoms with Crippen LogP contribution in [0.25, 0.3) is 0 Å². The summed E-state index contributed by atoms with van der Waals surface area (Å²) in [5.74, 6) is 4.08. The van der Waals surface area contributed by atoms with Crippen LogP contribution in [0.15, 0.2) is 0 Å². The highest BCUT2D eigenvalue weighted by Crippen LogP contribution is 2.69. The molecule has 2 N–H and O–H groups in total. The normalized spacial score (nSPS) is 57.5. The lowest BCUT2D eigenvalue weighted by Crippen LogP contribution is -2.50. The molecule has 5 aliphatic rings. The summed E-state index contributed by atoms with van der Waals surface area (Å²) in [6.45, 7) is 2.05. The van der Waals surface area contributed by atoms with Crippen LogP contribution in [-0.4, -0.2) is 41.4 Å². The Hall–Kier alpha value is -0.450. The van der Waals surface area contributed by atoms with Gasteiger partial charge in [0.15, 0.2) is 5.78 Å². The quantitative estimate of drug-likeness (QED) is 0.810. The average Bonchev–Trinajstić information content (AvgIpc) is 3.11. The molecule has 0 aromatic heterocycles. The number of rotatable bonds is 3. The van der Waals surface area contributed by atoms with Gasteiger partial charge in [0.2, 0.25) is 0 Å². The smallest absolute Gasteiger partial charge is 0.161 e. The number of carbonyl (C=O) groups excluding carboxylic acids is 1. The molecule has 0 aliphatic heterocycles. The zero-order chi connectivity index (χ0) is 18.3. The van der Waals surface area contributed by atoms with E-state index in [4.69, 9.17) is 4.74 Å². The molecule has 146 valence electrons. The summed E-state index contributed by atoms with van der Waals surface area (Å²) in [5.41, 5.74) is -0.421. The van der Waals surface area contributed by atoms with Gasteiger partial charge >= 0.3 is 0 Å². The Morgan fingerprint density at radius 2 is 1.69 bits per heavy atom. The monoisotopic (exact) mass is 362 g/mol. The number of ether oxygens (including phenoxy) is 1. The summed E-state index contributed by atoms with van der Waals surface area (Å²) < 4.78 is 5.62. The zero-order valence-electron chi connectivity index (χ0n) is 16.2. The molecule has 10 atom stereocenters. The SMILES string of the molecule is COC1C2C3CCC4C(CCC5(C)C(C(=O)CO)CCC45)C3CCC12O. The molecule has 4 nitrogen and oxygen atoms in total. The summed E-state index contributed by atoms with van der Waals surface area (Å²) in [5, 5.41) is 20.3. The number of ketones is 1. The molecule has 5 rings (SSSR count). The van der Waals surface area contributed by atoms with E-state index in [1.165, 1.54) is 25.7 Å². The Balaban J connectivity index is 1.37. The molecule has 5 saturated carbocycles. The van der Waals surface area contributed by atoms with E-state index in [9.17, 15) is 15.0 Å². The third kappa shape index (κ3) is 2.10. The molecule has 10 unspecified atom stereocenters. The number of fused-ring (bicyclic) bond motifs is 7. The molecule has 0 spiro atoms. The Kier molecular flexibility index (Phi) is 3.92. The van der Waals surface area contributed by atoms with Crippen LogP contribution in [0.2, 0.25) is 0 Å². The van der Waals surface area contributed by atoms with E-state index in [-0.39, 0.29) is 29.8 Å². The Morgan fingerprint density at radius 3 is 2.42 bits per heavy atom. The van der Waals surface area contributed by atoms with E-state index in [1.54, 1.807) is 7.11 Å². The summed E-state index contributed by atoms with van der Waals surface area (Å²) in [6, 6.07) is 0. The molecule has 26 heavy (non-hydrogen) atoms. The summed E-state index contributed by atoms with van der Waals surface area (Å²) >= 11 is 0. The van der Waals surface area contributed by atoms with Gasteiger partial charge in [-0.2, -0.15) is 0 Å². The van der Waals surface area contributed by atoms with Crippen molar-refractivity contribution in [3.63, 3.8) is 0 Å². The first-order valence-electron chi connectivity index (χ1n) is 10.8. The first kappa shape index (κ1) is 17.6. The number of Topliss-reactive ketones (excluding diaryl/α,β-unsaturated/α-hetero) is 1. The second-order valence-corrected chi connectivity index (χ2v) is 10.4. The lowest BCUT2D eigenvalue weighted by molar-refractivity contribution is -0.133. The van der Waals surface area contributed by atoms with Crippen molar-refractivity contribution >= 4 is 5.78 Å². The van der Waals surface area contributed by atoms with Crippen molar-refractivity contribution in [3.8, 4) is 0 Å². The highest BCUT2D eigenvalue weighted by Gasteiger charge is 2.72. The van der Waals surface area contributed by atoms with Gasteiger partial charge in [-0.15, -0.1) is 0 Å². The minimum absolute atomic E-state index is 0.0703. The molecule has 0 heterocycles. The molecule has 0 bridgehead atoms. The van der Waals surface area contributed by atoms with Gasteiger partial charge in [0.1, 0.15) is 6.61 Å². The fourth-order valence-electron chi connectivity index (χ4n) is 8.77. The molecule has 0 aromatic carbocycles. The van der Waals surface area contributed by atoms with E-state index in [0.717, 1.165) is 43.4 Å². The van der Waals surface area contributed by atoms with Crippen LogP contribution in [-0.2, 0) is 9.53 Å². The van der Waals surface area contributed by atoms with Crippen molar-refractivity contribution in [3.05, 3.63) is 0 Å². The van der Waals surface area contributed by atoms with Crippen LogP contribution in [0.3, 0.4) is 0 Å². The molecule has 5 fully saturated rings. The van der Waals surface area contributed by atoms with E-state index in [0.29, 0.717) is 17.8 Å². The van der Waals surface area contributed by atoms with Crippen LogP contribution in [0.1, 0.15) is 58.3 Å². The molecule has 0 aromatic rings. The van der Waals surface area contributed by atoms with Crippen molar-refractivity contribution in [2.24, 2.45) is 46.8 Å². The highest BCUT2D eigenvalue weighted by atomic mass is 16.5. The number of aliphatic hydroxyl groups is 2. The topological polar surface area (TPSA) is 66.8 Å². The molecule has 0 amide bonds. The summed E-state index contributed by atoms with van der Waals surface area (Å²) in [4.78, 5) is 12.3. The molecular formula is C22H34O4. The van der Waals surface area contributed by atoms with Gasteiger partial charge in [-0.05, 0) is 86.4 Å². The van der Waals surface area contributed by atoms with E-state index < -0.39 is 5.60 Å². The van der Waals surface area contributed by atoms with Crippen molar-refractivity contribution in [2.45, 2.75) is 70.0 Å². The minimum Gasteiger partial charge on any atom is -0.389 e. The number of carbonyl (C=O) groups is 1. The lowest BCUT2D eigenvalue weighted by atomic mass is 9.49. The maximum absolute atomic E-state index is 12.3. The Bertz CT molecular complexity index is 605. The standard InChI is InChI=1S/C22H34O4/c1-21-9-7-12-13-8-10-22(25)19(20(22)26-2)15(13)4-3-14(12)16(21)5-6-17(21)18(24)11-23/h12-17,19-20,23,25H,3-11H2,1-2H3. The van der Waals surface area contributed by atoms with Gasteiger partial charge < -0.3 is 14.9 Å². The second kappa shape index (κ2) is 5.78. The third-order valence-electron chi connectivity index (χ3n) is 9.85. The fraction of sp³-hybridized carbons (Fsp3) is 0.955. The van der Waals surface area contributed by atoms with Gasteiger partial charge in [-0.3, -0.25) is 4.79 Å². The van der Waals surface area contributed by atoms with Crippen molar-refractivity contribution in [1.29, 1.82) is 0 Å². The van der Waals surface area contributed by atoms with E-state index in [1.807, 2.05) is 0 Å². The molecule has 0 saturated heterocycles. The summed E-state index contributed by atoms with van der Waals surface area (Å²) in [7, 11) is 1.75. The number of methoxy groups -OCH3 is 1. The first-order valence-corrected chi connectivity index (χ1v) is 10.8. The summed E-state index contributed by atoms with van der Waals surface area (Å²) in [6.07, 6.45) is 9.14. The lowest BCUT2D eigenvalue weighted by Gasteiger charge is -2.55. The molecule has 4 heteroatoms. The van der Waals surface area contributed by atoms with E-state index in [2.05, 4.69) is 6.92 Å². The maximum atomic E-state index is 12.3. The second-order valence-electron chi connectivity index (χ2n) is 10.4. The van der Waals surface area contributed by atoms with Crippen molar-refractivity contribution in [1.82, 2.24) is 0 Å². The van der Waals surface area contributed by atoms with Crippen LogP contribution in [0.5, 0.6) is 0 Å². The number of hydrogen-bond acceptors (Lipinski definition) is 4. The largest absolute Gasteiger partial charge is 0.389 e. The number of hydrogen-bond donors (Lipinski definition) is 2. The predicted molar refractivity (Wildman–Crippen MR) is 97.3 cm³/mol. The average molecular weight is 363 g/mol. The predicted octanol–water partition coefficient (Wildman–Crippen LogP) is 2.80. The minimum atomic E-state index is -0.530. The fourth-order valence-corrected chi connectivity index (χ4v) is 8.77. The Labute approximate surface area is 156 Å². The van der Waals surface area contributed by atoms with Crippen LogP contribution >= 0.6 is 0 Å². The van der Waals surface area contributed by atoms with Gasteiger partial charge in [-0.1, -0.05) is 6.92 Å². The Morgan fingerprint density at radius 1 is 1.00 bits per heavy atom. The zero-order valence-corrected chi connectivity index (χ0v) is 16.2. The molecular weight excluding hydrogens is 328 g/mol. The van der Waals surface area contributed by atoms with Crippen LogP contribution < -0.4 is 0 Å². The van der Waals surface area contributed by atoms with E-state index >= 15 is 0 Å². The van der Waals surface area contributed by atoms with Crippen LogP contribution in [0, 0.1) is 46.8 Å². The van der Waals surface area contributed by atoms with Crippen molar-refractivity contribution < 1.29 is 19.7 Å². The number of aliphatic hydroxyl groups excluding tert-OH is 1. The van der Waals surface area contributed by atoms with Crippen LogP contribution in [0.4, 0.5) is 0 Å². The maximum Gasteiger partial charge on any atom is 0.161 e. The third-order valence-corrected chi connectivity index (χ3v) is 9.85. The molecule has 5 aliphatic carbocycles. The van der Waals surface area contributed by atoms with Gasteiger partial charge in [0, 0.05) is 18.9 Å².